The van der Waals surface area contributed by atoms with E-state index < -0.39 is 11.8 Å². The lowest BCUT2D eigenvalue weighted by molar-refractivity contribution is -0.143. The van der Waals surface area contributed by atoms with Gasteiger partial charge in [-0.2, -0.15) is 0 Å². The zero-order valence-corrected chi connectivity index (χ0v) is 13.4. The van der Waals surface area contributed by atoms with Crippen LogP contribution < -0.4 is 5.32 Å². The molecule has 1 aromatic rings. The van der Waals surface area contributed by atoms with Crippen molar-refractivity contribution in [1.29, 1.82) is 0 Å². The monoisotopic (exact) mass is 302 g/mol. The average Bonchev–Trinajstić information content (AvgIpc) is 2.82. The number of rotatable bonds is 4. The number of unbranched alkanes of at least 4 members (excludes halogenated alkanes) is 1. The number of benzene rings is 1. The van der Waals surface area contributed by atoms with Gasteiger partial charge in [0, 0.05) is 18.8 Å². The molecule has 2 amide bonds. The summed E-state index contributed by atoms with van der Waals surface area (Å²) in [6, 6.07) is 7.78. The van der Waals surface area contributed by atoms with Crippen LogP contribution >= 0.6 is 0 Å². The Morgan fingerprint density at radius 3 is 2.27 bits per heavy atom. The van der Waals surface area contributed by atoms with Crippen molar-refractivity contribution in [3.63, 3.8) is 0 Å². The van der Waals surface area contributed by atoms with E-state index in [4.69, 9.17) is 0 Å². The Balaban J connectivity index is 1.88. The molecule has 0 unspecified atom stereocenters. The van der Waals surface area contributed by atoms with Crippen LogP contribution in [0.4, 0.5) is 5.69 Å². The molecule has 4 heteroatoms. The molecule has 1 aromatic carbocycles. The van der Waals surface area contributed by atoms with Crippen molar-refractivity contribution in [3.05, 3.63) is 29.8 Å². The van der Waals surface area contributed by atoms with E-state index >= 15 is 0 Å². The fourth-order valence-electron chi connectivity index (χ4n) is 2.74. The zero-order chi connectivity index (χ0) is 15.8. The van der Waals surface area contributed by atoms with Gasteiger partial charge < -0.3 is 10.2 Å². The molecule has 1 aliphatic heterocycles. The maximum absolute atomic E-state index is 12.2. The van der Waals surface area contributed by atoms with Gasteiger partial charge in [-0.25, -0.2) is 0 Å². The Morgan fingerprint density at radius 2 is 1.68 bits per heavy atom. The maximum atomic E-state index is 12.2. The van der Waals surface area contributed by atoms with Gasteiger partial charge in [0.1, 0.15) is 0 Å². The van der Waals surface area contributed by atoms with Crippen LogP contribution in [-0.2, 0) is 16.0 Å². The van der Waals surface area contributed by atoms with E-state index in [-0.39, 0.29) is 0 Å². The van der Waals surface area contributed by atoms with E-state index in [0.29, 0.717) is 18.8 Å². The topological polar surface area (TPSA) is 49.4 Å². The molecule has 4 nitrogen and oxygen atoms in total. The molecule has 0 aliphatic carbocycles. The summed E-state index contributed by atoms with van der Waals surface area (Å²) in [5.41, 5.74) is 1.95. The summed E-state index contributed by atoms with van der Waals surface area (Å²) in [4.78, 5) is 25.9. The van der Waals surface area contributed by atoms with Crippen molar-refractivity contribution in [2.45, 2.75) is 51.9 Å². The molecular weight excluding hydrogens is 276 g/mol. The molecule has 0 aromatic heterocycles. The molecule has 0 atom stereocenters. The van der Waals surface area contributed by atoms with Gasteiger partial charge in [-0.3, -0.25) is 9.59 Å². The number of amides is 2. The van der Waals surface area contributed by atoms with Crippen LogP contribution in [0.15, 0.2) is 24.3 Å². The number of hydrogen-bond donors (Lipinski definition) is 1. The molecule has 1 fully saturated rings. The van der Waals surface area contributed by atoms with E-state index in [1.807, 2.05) is 24.3 Å². The summed E-state index contributed by atoms with van der Waals surface area (Å²) in [5, 5.41) is 2.71. The van der Waals surface area contributed by atoms with Crippen molar-refractivity contribution in [3.8, 4) is 0 Å². The third-order valence-electron chi connectivity index (χ3n) is 4.12. The van der Waals surface area contributed by atoms with Gasteiger partial charge in [0.15, 0.2) is 0 Å². The summed E-state index contributed by atoms with van der Waals surface area (Å²) in [6.07, 6.45) is 7.66. The first kappa shape index (κ1) is 16.5. The molecule has 0 bridgehead atoms. The van der Waals surface area contributed by atoms with Gasteiger partial charge in [0.05, 0.1) is 0 Å². The Labute approximate surface area is 132 Å². The number of aryl methyl sites for hydroxylation is 1. The molecule has 1 N–H and O–H groups in total. The maximum Gasteiger partial charge on any atom is 0.313 e. The first-order chi connectivity index (χ1) is 10.7. The van der Waals surface area contributed by atoms with Crippen molar-refractivity contribution in [2.24, 2.45) is 0 Å². The summed E-state index contributed by atoms with van der Waals surface area (Å²) in [5.74, 6) is -0.930. The first-order valence-electron chi connectivity index (χ1n) is 8.40. The highest BCUT2D eigenvalue weighted by molar-refractivity contribution is 6.39. The number of nitrogens with one attached hydrogen (secondary N) is 1. The number of hydrogen-bond acceptors (Lipinski definition) is 2. The Kier molecular flexibility index (Phi) is 6.44. The lowest BCUT2D eigenvalue weighted by Crippen LogP contribution is -2.40. The summed E-state index contributed by atoms with van der Waals surface area (Å²) < 4.78 is 0. The van der Waals surface area contributed by atoms with Crippen molar-refractivity contribution in [2.75, 3.05) is 18.4 Å². The van der Waals surface area contributed by atoms with Crippen LogP contribution in [-0.4, -0.2) is 29.8 Å². The van der Waals surface area contributed by atoms with Crippen LogP contribution in [0.5, 0.6) is 0 Å². The normalized spacial score (nSPS) is 15.2. The average molecular weight is 302 g/mol. The highest BCUT2D eigenvalue weighted by Gasteiger charge is 2.22. The minimum Gasteiger partial charge on any atom is -0.334 e. The lowest BCUT2D eigenvalue weighted by Gasteiger charge is -2.19. The van der Waals surface area contributed by atoms with E-state index in [2.05, 4.69) is 12.2 Å². The number of anilines is 1. The highest BCUT2D eigenvalue weighted by Crippen LogP contribution is 2.13. The van der Waals surface area contributed by atoms with Gasteiger partial charge in [0.2, 0.25) is 0 Å². The van der Waals surface area contributed by atoms with Crippen LogP contribution in [0, 0.1) is 0 Å². The van der Waals surface area contributed by atoms with E-state index in [0.717, 1.165) is 32.1 Å². The molecule has 1 heterocycles. The number of likely N-dealkylation sites (tertiary alicyclic amines) is 1. The number of carbonyl (C=O) groups is 2. The quantitative estimate of drug-likeness (QED) is 0.867. The SMILES string of the molecule is CCCCc1ccc(NC(=O)C(=O)N2CCCCCC2)cc1. The molecule has 1 aliphatic rings. The van der Waals surface area contributed by atoms with E-state index in [1.54, 1.807) is 4.90 Å². The lowest BCUT2D eigenvalue weighted by atomic mass is 10.1. The van der Waals surface area contributed by atoms with Crippen LogP contribution in [0.2, 0.25) is 0 Å². The van der Waals surface area contributed by atoms with Gasteiger partial charge in [-0.15, -0.1) is 0 Å². The summed E-state index contributed by atoms with van der Waals surface area (Å²) in [7, 11) is 0. The van der Waals surface area contributed by atoms with E-state index in [1.165, 1.54) is 18.4 Å². The molecular formula is C18H26N2O2. The molecule has 0 spiro atoms. The van der Waals surface area contributed by atoms with Crippen molar-refractivity contribution < 1.29 is 9.59 Å². The largest absolute Gasteiger partial charge is 0.334 e. The first-order valence-corrected chi connectivity index (χ1v) is 8.40. The van der Waals surface area contributed by atoms with Crippen LogP contribution in [0.3, 0.4) is 0 Å². The standard InChI is InChI=1S/C18H26N2O2/c1-2-3-8-15-9-11-16(12-10-15)19-17(21)18(22)20-13-6-4-5-7-14-20/h9-12H,2-8,13-14H2,1H3,(H,19,21). The van der Waals surface area contributed by atoms with Gasteiger partial charge >= 0.3 is 11.8 Å². The molecule has 0 radical (unpaired) electrons. The number of carbonyl (C=O) groups excluding carboxylic acids is 2. The van der Waals surface area contributed by atoms with Gasteiger partial charge in [-0.1, -0.05) is 38.3 Å². The Hall–Kier alpha value is -1.84. The van der Waals surface area contributed by atoms with E-state index in [9.17, 15) is 9.59 Å². The second-order valence-corrected chi connectivity index (χ2v) is 5.96. The molecule has 1 saturated heterocycles. The predicted octanol–water partition coefficient (Wildman–Crippen LogP) is 3.37. The second kappa shape index (κ2) is 8.57. The summed E-state index contributed by atoms with van der Waals surface area (Å²) >= 11 is 0. The molecule has 2 rings (SSSR count). The van der Waals surface area contributed by atoms with Crippen LogP contribution in [0.25, 0.3) is 0 Å². The third-order valence-corrected chi connectivity index (χ3v) is 4.12. The fraction of sp³-hybridized carbons (Fsp3) is 0.556. The zero-order valence-electron chi connectivity index (χ0n) is 13.4. The second-order valence-electron chi connectivity index (χ2n) is 5.96. The minimum absolute atomic E-state index is 0.406. The minimum atomic E-state index is -0.525. The smallest absolute Gasteiger partial charge is 0.313 e. The summed E-state index contributed by atoms with van der Waals surface area (Å²) in [6.45, 7) is 3.56. The van der Waals surface area contributed by atoms with Crippen molar-refractivity contribution >= 4 is 17.5 Å². The highest BCUT2D eigenvalue weighted by atomic mass is 16.2. The molecule has 22 heavy (non-hydrogen) atoms. The van der Waals surface area contributed by atoms with Gasteiger partial charge in [-0.05, 0) is 43.4 Å². The Bertz CT molecular complexity index is 488. The fourth-order valence-corrected chi connectivity index (χ4v) is 2.74. The Morgan fingerprint density at radius 1 is 1.05 bits per heavy atom. The predicted molar refractivity (Wildman–Crippen MR) is 88.7 cm³/mol. The van der Waals surface area contributed by atoms with Crippen molar-refractivity contribution in [1.82, 2.24) is 4.90 Å². The molecule has 120 valence electrons. The van der Waals surface area contributed by atoms with Gasteiger partial charge in [0.25, 0.3) is 0 Å². The third kappa shape index (κ3) is 4.86. The number of nitrogens with zero attached hydrogens (tertiary/aromatic N) is 1. The molecule has 0 saturated carbocycles. The van der Waals surface area contributed by atoms with Crippen LogP contribution in [0.1, 0.15) is 51.0 Å².